The molecule has 0 aliphatic carbocycles. The predicted octanol–water partition coefficient (Wildman–Crippen LogP) is 2.45. The number of rotatable bonds is 2. The van der Waals surface area contributed by atoms with E-state index < -0.39 is 5.63 Å². The summed E-state index contributed by atoms with van der Waals surface area (Å²) in [5, 5.41) is 10.4. The van der Waals surface area contributed by atoms with Gasteiger partial charge in [0.15, 0.2) is 0 Å². The molecule has 0 spiro atoms. The lowest BCUT2D eigenvalue weighted by Gasteiger charge is -2.04. The topological polar surface area (TPSA) is 50.4 Å². The molecule has 0 saturated carbocycles. The van der Waals surface area contributed by atoms with Crippen molar-refractivity contribution in [3.05, 3.63) is 40.2 Å². The Morgan fingerprint density at radius 2 is 2.13 bits per heavy atom. The fourth-order valence-electron chi connectivity index (χ4n) is 1.71. The van der Waals surface area contributed by atoms with E-state index in [-0.39, 0.29) is 5.75 Å². The highest BCUT2D eigenvalue weighted by atomic mass is 16.4. The van der Waals surface area contributed by atoms with Crippen molar-refractivity contribution >= 4 is 11.0 Å². The summed E-state index contributed by atoms with van der Waals surface area (Å²) in [6, 6.07) is 6.33. The first-order valence-corrected chi connectivity index (χ1v) is 4.96. The average Bonchev–Trinajstić information content (AvgIpc) is 2.17. The number of fused-ring (bicyclic) bond motifs is 1. The number of hydrogen-bond acceptors (Lipinski definition) is 3. The number of aryl methyl sites for hydroxylation is 1. The summed E-state index contributed by atoms with van der Waals surface area (Å²) < 4.78 is 5.01. The number of benzene rings is 1. The molecular weight excluding hydrogens is 192 g/mol. The van der Waals surface area contributed by atoms with E-state index in [4.69, 9.17) is 4.42 Å². The molecule has 2 aromatic rings. The van der Waals surface area contributed by atoms with E-state index in [1.165, 1.54) is 12.1 Å². The molecule has 0 amide bonds. The number of phenols is 1. The fourth-order valence-corrected chi connectivity index (χ4v) is 1.71. The highest BCUT2D eigenvalue weighted by Crippen LogP contribution is 2.24. The lowest BCUT2D eigenvalue weighted by molar-refractivity contribution is 0.472. The zero-order chi connectivity index (χ0) is 10.8. The number of hydrogen-bond donors (Lipinski definition) is 1. The van der Waals surface area contributed by atoms with Gasteiger partial charge in [0.1, 0.15) is 11.3 Å². The molecule has 0 aliphatic rings. The molecule has 15 heavy (non-hydrogen) atoms. The molecule has 1 aromatic carbocycles. The van der Waals surface area contributed by atoms with E-state index >= 15 is 0 Å². The Balaban J connectivity index is 2.74. The van der Waals surface area contributed by atoms with Gasteiger partial charge in [-0.3, -0.25) is 0 Å². The highest BCUT2D eigenvalue weighted by Gasteiger charge is 2.05. The minimum Gasteiger partial charge on any atom is -0.508 e. The zero-order valence-corrected chi connectivity index (χ0v) is 8.49. The first-order chi connectivity index (χ1) is 7.20. The van der Waals surface area contributed by atoms with E-state index in [9.17, 15) is 9.90 Å². The van der Waals surface area contributed by atoms with Crippen molar-refractivity contribution in [1.82, 2.24) is 0 Å². The molecule has 1 aromatic heterocycles. The first kappa shape index (κ1) is 9.77. The molecular formula is C12H12O3. The Morgan fingerprint density at radius 3 is 2.87 bits per heavy atom. The van der Waals surface area contributed by atoms with Crippen LogP contribution in [-0.2, 0) is 6.42 Å². The zero-order valence-electron chi connectivity index (χ0n) is 8.49. The third-order valence-electron chi connectivity index (χ3n) is 2.33. The summed E-state index contributed by atoms with van der Waals surface area (Å²) in [5.41, 5.74) is 1.07. The summed E-state index contributed by atoms with van der Waals surface area (Å²) >= 11 is 0. The van der Waals surface area contributed by atoms with E-state index in [0.29, 0.717) is 5.58 Å². The van der Waals surface area contributed by atoms with Crippen molar-refractivity contribution in [3.8, 4) is 5.75 Å². The van der Waals surface area contributed by atoms with Crippen LogP contribution in [0, 0.1) is 0 Å². The van der Waals surface area contributed by atoms with Crippen LogP contribution in [0.2, 0.25) is 0 Å². The molecule has 0 bridgehead atoms. The van der Waals surface area contributed by atoms with Crippen LogP contribution in [0.25, 0.3) is 11.0 Å². The van der Waals surface area contributed by atoms with Crippen molar-refractivity contribution in [3.63, 3.8) is 0 Å². The third-order valence-corrected chi connectivity index (χ3v) is 2.33. The Kier molecular flexibility index (Phi) is 2.46. The minimum atomic E-state index is -0.393. The molecule has 2 rings (SSSR count). The second kappa shape index (κ2) is 3.77. The third kappa shape index (κ3) is 1.86. The van der Waals surface area contributed by atoms with Crippen LogP contribution in [0.3, 0.4) is 0 Å². The summed E-state index contributed by atoms with van der Waals surface area (Å²) in [5.74, 6) is 0.139. The molecule has 1 heterocycles. The number of aromatic hydroxyl groups is 1. The van der Waals surface area contributed by atoms with E-state index in [2.05, 4.69) is 6.92 Å². The SMILES string of the molecule is CCCc1cc(O)cc2oc(=O)ccc12. The van der Waals surface area contributed by atoms with Gasteiger partial charge in [0, 0.05) is 17.5 Å². The smallest absolute Gasteiger partial charge is 0.336 e. The quantitative estimate of drug-likeness (QED) is 0.764. The van der Waals surface area contributed by atoms with Gasteiger partial charge in [-0.05, 0) is 24.1 Å². The summed E-state index contributed by atoms with van der Waals surface area (Å²) in [6.07, 6.45) is 1.84. The Bertz CT molecular complexity index is 540. The molecule has 0 saturated heterocycles. The standard InChI is InChI=1S/C12H12O3/c1-2-3-8-6-9(13)7-11-10(8)4-5-12(14)15-11/h4-7,13H,2-3H2,1H3. The highest BCUT2D eigenvalue weighted by molar-refractivity contribution is 5.81. The average molecular weight is 204 g/mol. The van der Waals surface area contributed by atoms with Crippen LogP contribution in [0.1, 0.15) is 18.9 Å². The van der Waals surface area contributed by atoms with Gasteiger partial charge in [-0.15, -0.1) is 0 Å². The summed E-state index contributed by atoms with van der Waals surface area (Å²) in [6.45, 7) is 2.06. The van der Waals surface area contributed by atoms with Gasteiger partial charge in [-0.2, -0.15) is 0 Å². The van der Waals surface area contributed by atoms with E-state index in [1.54, 1.807) is 12.1 Å². The van der Waals surface area contributed by atoms with Crippen LogP contribution >= 0.6 is 0 Å². The maximum Gasteiger partial charge on any atom is 0.336 e. The van der Waals surface area contributed by atoms with E-state index in [1.807, 2.05) is 0 Å². The molecule has 0 fully saturated rings. The molecule has 0 atom stereocenters. The maximum atomic E-state index is 11.0. The monoisotopic (exact) mass is 204 g/mol. The summed E-state index contributed by atoms with van der Waals surface area (Å²) in [7, 11) is 0. The van der Waals surface area contributed by atoms with Gasteiger partial charge in [0.2, 0.25) is 0 Å². The molecule has 1 N–H and O–H groups in total. The lowest BCUT2D eigenvalue weighted by atomic mass is 10.0. The first-order valence-electron chi connectivity index (χ1n) is 4.96. The van der Waals surface area contributed by atoms with Crippen LogP contribution < -0.4 is 5.63 Å². The van der Waals surface area contributed by atoms with Crippen LogP contribution in [0.5, 0.6) is 5.75 Å². The van der Waals surface area contributed by atoms with Crippen LogP contribution in [0.15, 0.2) is 33.5 Å². The van der Waals surface area contributed by atoms with Crippen molar-refractivity contribution in [2.75, 3.05) is 0 Å². The van der Waals surface area contributed by atoms with Gasteiger partial charge in [-0.25, -0.2) is 4.79 Å². The Hall–Kier alpha value is -1.77. The summed E-state index contributed by atoms with van der Waals surface area (Å²) in [4.78, 5) is 11.0. The largest absolute Gasteiger partial charge is 0.508 e. The minimum absolute atomic E-state index is 0.139. The molecule has 3 nitrogen and oxygen atoms in total. The van der Waals surface area contributed by atoms with Gasteiger partial charge in [0.05, 0.1) is 0 Å². The van der Waals surface area contributed by atoms with Gasteiger partial charge < -0.3 is 9.52 Å². The molecule has 0 radical (unpaired) electrons. The fraction of sp³-hybridized carbons (Fsp3) is 0.250. The molecule has 3 heteroatoms. The van der Waals surface area contributed by atoms with Gasteiger partial charge in [0.25, 0.3) is 0 Å². The second-order valence-electron chi connectivity index (χ2n) is 3.52. The van der Waals surface area contributed by atoms with Crippen molar-refractivity contribution < 1.29 is 9.52 Å². The Labute approximate surface area is 87.0 Å². The van der Waals surface area contributed by atoms with Gasteiger partial charge in [-0.1, -0.05) is 13.3 Å². The van der Waals surface area contributed by atoms with Gasteiger partial charge >= 0.3 is 5.63 Å². The van der Waals surface area contributed by atoms with Crippen molar-refractivity contribution in [2.24, 2.45) is 0 Å². The second-order valence-corrected chi connectivity index (χ2v) is 3.52. The van der Waals surface area contributed by atoms with Crippen LogP contribution in [-0.4, -0.2) is 5.11 Å². The molecule has 78 valence electrons. The predicted molar refractivity (Wildman–Crippen MR) is 58.1 cm³/mol. The molecule has 0 unspecified atom stereocenters. The van der Waals surface area contributed by atoms with Crippen LogP contribution in [0.4, 0.5) is 0 Å². The normalized spacial score (nSPS) is 10.7. The van der Waals surface area contributed by atoms with E-state index in [0.717, 1.165) is 23.8 Å². The number of phenolic OH excluding ortho intramolecular Hbond substituents is 1. The lowest BCUT2D eigenvalue weighted by Crippen LogP contribution is -1.96. The maximum absolute atomic E-state index is 11.0. The Morgan fingerprint density at radius 1 is 1.33 bits per heavy atom. The van der Waals surface area contributed by atoms with Crippen molar-refractivity contribution in [1.29, 1.82) is 0 Å². The molecule has 0 aliphatic heterocycles. The van der Waals surface area contributed by atoms with Crippen molar-refractivity contribution in [2.45, 2.75) is 19.8 Å².